The summed E-state index contributed by atoms with van der Waals surface area (Å²) in [5.41, 5.74) is 6.32. The third-order valence-electron chi connectivity index (χ3n) is 6.16. The van der Waals surface area contributed by atoms with Crippen molar-refractivity contribution in [1.82, 2.24) is 25.0 Å². The van der Waals surface area contributed by atoms with Gasteiger partial charge >= 0.3 is 0 Å². The van der Waals surface area contributed by atoms with Crippen LogP contribution < -0.4 is 10.6 Å². The van der Waals surface area contributed by atoms with E-state index in [9.17, 15) is 4.79 Å². The average Bonchev–Trinajstić information content (AvgIpc) is 3.18. The maximum atomic E-state index is 13.2. The number of likely N-dealkylation sites (tertiary alicyclic amines) is 1. The van der Waals surface area contributed by atoms with Crippen LogP contribution in [0.2, 0.25) is 0 Å². The summed E-state index contributed by atoms with van der Waals surface area (Å²) in [4.78, 5) is 24.1. The zero-order valence-electron chi connectivity index (χ0n) is 16.7. The molecule has 4 heterocycles. The van der Waals surface area contributed by atoms with Crippen molar-refractivity contribution in [2.45, 2.75) is 37.8 Å². The zero-order valence-corrected chi connectivity index (χ0v) is 18.4. The lowest BCUT2D eigenvalue weighted by molar-refractivity contribution is -0.136. The second-order valence-electron chi connectivity index (χ2n) is 7.95. The van der Waals surface area contributed by atoms with E-state index in [1.54, 1.807) is 0 Å². The van der Waals surface area contributed by atoms with Gasteiger partial charge in [0.15, 0.2) is 0 Å². The molecule has 0 bridgehead atoms. The number of carbonyl (C=O) groups is 1. The Morgan fingerprint density at radius 2 is 1.79 bits per heavy atom. The summed E-state index contributed by atoms with van der Waals surface area (Å²) in [6.45, 7) is 6.41. The van der Waals surface area contributed by atoms with Crippen LogP contribution in [0.25, 0.3) is 0 Å². The molecule has 1 aromatic heterocycles. The lowest BCUT2D eigenvalue weighted by Crippen LogP contribution is -2.52. The number of hydrogen-bond donors (Lipinski definition) is 2. The van der Waals surface area contributed by atoms with E-state index in [2.05, 4.69) is 25.0 Å². The summed E-state index contributed by atoms with van der Waals surface area (Å²) in [5.74, 6) is 1.13. The van der Waals surface area contributed by atoms with E-state index < -0.39 is 0 Å². The number of piperazine rings is 1. The van der Waals surface area contributed by atoms with Gasteiger partial charge in [0, 0.05) is 64.6 Å². The SMILES string of the molecule is Cl.Cl.N[C@H]1CC[C@@H](C(=O)N2CCN(c3ncn[nH]3)CC2)CN(C2CCOCC2)C1. The Labute approximate surface area is 184 Å². The smallest absolute Gasteiger partial charge is 0.227 e. The molecule has 4 rings (SSSR count). The van der Waals surface area contributed by atoms with Gasteiger partial charge in [-0.15, -0.1) is 24.8 Å². The molecule has 0 spiro atoms. The first-order valence-corrected chi connectivity index (χ1v) is 10.2. The molecule has 0 saturated carbocycles. The van der Waals surface area contributed by atoms with Gasteiger partial charge < -0.3 is 20.3 Å². The Morgan fingerprint density at radius 3 is 2.45 bits per heavy atom. The maximum Gasteiger partial charge on any atom is 0.227 e. The van der Waals surface area contributed by atoms with Crippen molar-refractivity contribution in [2.24, 2.45) is 11.7 Å². The van der Waals surface area contributed by atoms with Crippen molar-refractivity contribution >= 4 is 36.7 Å². The van der Waals surface area contributed by atoms with Crippen LogP contribution >= 0.6 is 24.8 Å². The fourth-order valence-electron chi connectivity index (χ4n) is 4.55. The molecule has 1 amide bonds. The van der Waals surface area contributed by atoms with Gasteiger partial charge in [0.2, 0.25) is 11.9 Å². The molecule has 1 aromatic rings. The molecule has 0 aromatic carbocycles. The van der Waals surface area contributed by atoms with Gasteiger partial charge in [-0.2, -0.15) is 10.1 Å². The van der Waals surface area contributed by atoms with Crippen LogP contribution in [0.5, 0.6) is 0 Å². The minimum atomic E-state index is 0. The molecule has 166 valence electrons. The van der Waals surface area contributed by atoms with Gasteiger partial charge in [0.05, 0.1) is 5.92 Å². The maximum absolute atomic E-state index is 13.2. The van der Waals surface area contributed by atoms with Crippen molar-refractivity contribution in [1.29, 1.82) is 0 Å². The van der Waals surface area contributed by atoms with Crippen LogP contribution in [-0.2, 0) is 9.53 Å². The van der Waals surface area contributed by atoms with Crippen molar-refractivity contribution < 1.29 is 9.53 Å². The largest absolute Gasteiger partial charge is 0.381 e. The first-order chi connectivity index (χ1) is 13.2. The minimum absolute atomic E-state index is 0. The predicted molar refractivity (Wildman–Crippen MR) is 116 cm³/mol. The van der Waals surface area contributed by atoms with E-state index >= 15 is 0 Å². The Balaban J connectivity index is 0.00000150. The molecule has 0 unspecified atom stereocenters. The topological polar surface area (TPSA) is 104 Å². The highest BCUT2D eigenvalue weighted by Crippen LogP contribution is 2.24. The molecule has 2 atom stereocenters. The number of ether oxygens (including phenoxy) is 1. The van der Waals surface area contributed by atoms with Crippen molar-refractivity contribution in [3.05, 3.63) is 6.33 Å². The molecule has 0 radical (unpaired) electrons. The number of aromatic nitrogens is 3. The van der Waals surface area contributed by atoms with Gasteiger partial charge in [-0.05, 0) is 25.7 Å². The lowest BCUT2D eigenvalue weighted by Gasteiger charge is -2.38. The number of nitrogens with one attached hydrogen (secondary N) is 1. The van der Waals surface area contributed by atoms with Crippen LogP contribution in [0.15, 0.2) is 6.33 Å². The Kier molecular flexibility index (Phi) is 9.42. The van der Waals surface area contributed by atoms with Crippen molar-refractivity contribution in [2.75, 3.05) is 57.4 Å². The highest BCUT2D eigenvalue weighted by atomic mass is 35.5. The quantitative estimate of drug-likeness (QED) is 0.692. The average molecular weight is 450 g/mol. The second kappa shape index (κ2) is 11.3. The molecule has 29 heavy (non-hydrogen) atoms. The number of halogens is 2. The number of anilines is 1. The third-order valence-corrected chi connectivity index (χ3v) is 6.16. The molecule has 3 aliphatic heterocycles. The standard InChI is InChI=1S/C18H31N7O2.2ClH/c19-15-2-1-14(11-25(12-15)16-3-9-27-10-4-16)17(26)23-5-7-24(8-6-23)18-20-13-21-22-18;;/h13-16H,1-12,19H2,(H,20,21,22);2*1H/t14-,15+;;/m1../s1. The molecule has 9 nitrogen and oxygen atoms in total. The number of aromatic amines is 1. The minimum Gasteiger partial charge on any atom is -0.381 e. The predicted octanol–water partition coefficient (Wildman–Crippen LogP) is 0.515. The highest BCUT2D eigenvalue weighted by Gasteiger charge is 2.34. The number of nitrogens with two attached hydrogens (primary N) is 1. The fraction of sp³-hybridized carbons (Fsp3) is 0.833. The van der Waals surface area contributed by atoms with Crippen molar-refractivity contribution in [3.63, 3.8) is 0 Å². The summed E-state index contributed by atoms with van der Waals surface area (Å²) >= 11 is 0. The Morgan fingerprint density at radius 1 is 1.07 bits per heavy atom. The number of nitrogens with zero attached hydrogens (tertiary/aromatic N) is 5. The summed E-state index contributed by atoms with van der Waals surface area (Å²) in [6.07, 6.45) is 5.43. The van der Waals surface area contributed by atoms with Crippen LogP contribution in [-0.4, -0.2) is 95.5 Å². The first kappa shape index (κ1) is 24.1. The monoisotopic (exact) mass is 449 g/mol. The lowest BCUT2D eigenvalue weighted by atomic mass is 9.99. The summed E-state index contributed by atoms with van der Waals surface area (Å²) in [5, 5.41) is 6.81. The summed E-state index contributed by atoms with van der Waals surface area (Å²) < 4.78 is 5.51. The highest BCUT2D eigenvalue weighted by molar-refractivity contribution is 5.85. The fourth-order valence-corrected chi connectivity index (χ4v) is 4.55. The first-order valence-electron chi connectivity index (χ1n) is 10.2. The zero-order chi connectivity index (χ0) is 18.6. The van der Waals surface area contributed by atoms with Crippen LogP contribution in [0.1, 0.15) is 25.7 Å². The van der Waals surface area contributed by atoms with Gasteiger partial charge in [-0.3, -0.25) is 9.69 Å². The van der Waals surface area contributed by atoms with E-state index in [4.69, 9.17) is 10.5 Å². The summed E-state index contributed by atoms with van der Waals surface area (Å²) in [6, 6.07) is 0.662. The van der Waals surface area contributed by atoms with Gasteiger partial charge in [-0.25, -0.2) is 5.10 Å². The van der Waals surface area contributed by atoms with E-state index in [-0.39, 0.29) is 36.8 Å². The van der Waals surface area contributed by atoms with E-state index in [1.807, 2.05) is 4.90 Å². The van der Waals surface area contributed by atoms with Crippen LogP contribution in [0.4, 0.5) is 5.95 Å². The van der Waals surface area contributed by atoms with Gasteiger partial charge in [0.25, 0.3) is 0 Å². The van der Waals surface area contributed by atoms with E-state index in [0.29, 0.717) is 11.9 Å². The van der Waals surface area contributed by atoms with Crippen LogP contribution in [0, 0.1) is 5.92 Å². The molecule has 11 heteroatoms. The summed E-state index contributed by atoms with van der Waals surface area (Å²) in [7, 11) is 0. The van der Waals surface area contributed by atoms with Gasteiger partial charge in [-0.1, -0.05) is 0 Å². The number of carbonyl (C=O) groups excluding carboxylic acids is 1. The second-order valence-corrected chi connectivity index (χ2v) is 7.95. The molecule has 0 aliphatic carbocycles. The number of rotatable bonds is 3. The molecule has 3 N–H and O–H groups in total. The number of amides is 1. The normalized spacial score (nSPS) is 26.9. The Hall–Kier alpha value is -1.13. The van der Waals surface area contributed by atoms with Gasteiger partial charge in [0.1, 0.15) is 6.33 Å². The third kappa shape index (κ3) is 5.95. The molecule has 3 aliphatic rings. The number of hydrogen-bond acceptors (Lipinski definition) is 7. The van der Waals surface area contributed by atoms with Crippen LogP contribution in [0.3, 0.4) is 0 Å². The number of H-pyrrole nitrogens is 1. The van der Waals surface area contributed by atoms with E-state index in [1.165, 1.54) is 6.33 Å². The Bertz CT molecular complexity index is 607. The molecule has 3 fully saturated rings. The van der Waals surface area contributed by atoms with E-state index in [0.717, 1.165) is 84.1 Å². The molecule has 3 saturated heterocycles. The molecular weight excluding hydrogens is 417 g/mol. The molecular formula is C18H33Cl2N7O2. The van der Waals surface area contributed by atoms with Crippen molar-refractivity contribution in [3.8, 4) is 0 Å².